The van der Waals surface area contributed by atoms with Crippen molar-refractivity contribution >= 4 is 22.9 Å². The van der Waals surface area contributed by atoms with Gasteiger partial charge in [-0.2, -0.15) is 0 Å². The molecule has 2 heterocycles. The van der Waals surface area contributed by atoms with Gasteiger partial charge in [-0.1, -0.05) is 12.1 Å². The van der Waals surface area contributed by atoms with Gasteiger partial charge in [-0.05, 0) is 55.2 Å². The van der Waals surface area contributed by atoms with E-state index in [9.17, 15) is 9.59 Å². The Hall–Kier alpha value is -3.15. The van der Waals surface area contributed by atoms with Crippen LogP contribution < -0.4 is 0 Å². The zero-order valence-corrected chi connectivity index (χ0v) is 15.9. The van der Waals surface area contributed by atoms with Gasteiger partial charge in [0.2, 0.25) is 0 Å². The van der Waals surface area contributed by atoms with Crippen molar-refractivity contribution in [2.24, 2.45) is 5.92 Å². The predicted molar refractivity (Wildman–Crippen MR) is 106 cm³/mol. The van der Waals surface area contributed by atoms with Crippen LogP contribution in [-0.2, 0) is 11.3 Å². The fraction of sp³-hybridized carbons (Fsp3) is 0.318. The molecular weight excluding hydrogens is 354 g/mol. The fourth-order valence-corrected chi connectivity index (χ4v) is 3.80. The topological polar surface area (TPSA) is 64.4 Å². The molecule has 6 heteroatoms. The van der Waals surface area contributed by atoms with Crippen LogP contribution in [0.2, 0.25) is 0 Å². The number of benzene rings is 2. The van der Waals surface area contributed by atoms with Gasteiger partial charge >= 0.3 is 5.97 Å². The van der Waals surface area contributed by atoms with Crippen LogP contribution in [0.5, 0.6) is 0 Å². The van der Waals surface area contributed by atoms with Crippen molar-refractivity contribution in [1.29, 1.82) is 0 Å². The molecule has 6 nitrogen and oxygen atoms in total. The number of carbonyl (C=O) groups is 2. The van der Waals surface area contributed by atoms with Crippen molar-refractivity contribution in [3.05, 3.63) is 66.0 Å². The first-order chi connectivity index (χ1) is 13.7. The molecule has 0 bridgehead atoms. The van der Waals surface area contributed by atoms with Gasteiger partial charge in [-0.15, -0.1) is 0 Å². The van der Waals surface area contributed by atoms with E-state index in [0.717, 1.165) is 43.5 Å². The largest absolute Gasteiger partial charge is 0.465 e. The summed E-state index contributed by atoms with van der Waals surface area (Å²) in [5, 5.41) is 0. The Morgan fingerprint density at radius 3 is 2.43 bits per heavy atom. The lowest BCUT2D eigenvalue weighted by Crippen LogP contribution is -2.39. The van der Waals surface area contributed by atoms with E-state index >= 15 is 0 Å². The molecule has 1 fully saturated rings. The smallest absolute Gasteiger partial charge is 0.337 e. The molecule has 2 aromatic carbocycles. The number of piperidine rings is 1. The number of fused-ring (bicyclic) bond motifs is 1. The summed E-state index contributed by atoms with van der Waals surface area (Å²) in [7, 11) is 1.35. The van der Waals surface area contributed by atoms with E-state index in [2.05, 4.69) is 15.6 Å². The van der Waals surface area contributed by atoms with E-state index in [1.54, 1.807) is 24.3 Å². The molecule has 0 spiro atoms. The highest BCUT2D eigenvalue weighted by Crippen LogP contribution is 2.23. The van der Waals surface area contributed by atoms with E-state index in [1.807, 2.05) is 29.4 Å². The number of imidazole rings is 1. The summed E-state index contributed by atoms with van der Waals surface area (Å²) in [6.45, 7) is 2.42. The van der Waals surface area contributed by atoms with Crippen molar-refractivity contribution < 1.29 is 14.3 Å². The molecular formula is C22H23N3O3. The van der Waals surface area contributed by atoms with Gasteiger partial charge in [0, 0.05) is 25.2 Å². The van der Waals surface area contributed by atoms with Gasteiger partial charge in [0.1, 0.15) is 0 Å². The van der Waals surface area contributed by atoms with Gasteiger partial charge in [0.15, 0.2) is 0 Å². The van der Waals surface area contributed by atoms with Crippen molar-refractivity contribution in [2.45, 2.75) is 19.4 Å². The minimum absolute atomic E-state index is 0.0166. The molecule has 1 aliphatic heterocycles. The maximum Gasteiger partial charge on any atom is 0.337 e. The standard InChI is InChI=1S/C22H23N3O3/c1-28-22(27)18-8-6-17(7-9-18)21(26)24-12-10-16(11-13-24)14-25-15-23-19-4-2-3-5-20(19)25/h2-9,15-16H,10-14H2,1H3. The predicted octanol–water partition coefficient (Wildman–Crippen LogP) is 3.38. The lowest BCUT2D eigenvalue weighted by Gasteiger charge is -2.32. The van der Waals surface area contributed by atoms with Crippen LogP contribution in [0.15, 0.2) is 54.9 Å². The molecule has 0 saturated carbocycles. The molecule has 0 atom stereocenters. The number of methoxy groups -OCH3 is 1. The first kappa shape index (κ1) is 18.2. The lowest BCUT2D eigenvalue weighted by molar-refractivity contribution is 0.0599. The first-order valence-electron chi connectivity index (χ1n) is 9.53. The van der Waals surface area contributed by atoms with Crippen LogP contribution >= 0.6 is 0 Å². The van der Waals surface area contributed by atoms with E-state index in [1.165, 1.54) is 7.11 Å². The van der Waals surface area contributed by atoms with Crippen LogP contribution in [0, 0.1) is 5.92 Å². The number of ether oxygens (including phenoxy) is 1. The maximum atomic E-state index is 12.7. The second kappa shape index (κ2) is 7.84. The average Bonchev–Trinajstić information content (AvgIpc) is 3.16. The Bertz CT molecular complexity index is 986. The summed E-state index contributed by atoms with van der Waals surface area (Å²) in [5.74, 6) is 0.151. The summed E-state index contributed by atoms with van der Waals surface area (Å²) in [4.78, 5) is 30.6. The lowest BCUT2D eigenvalue weighted by atomic mass is 9.96. The second-order valence-electron chi connectivity index (χ2n) is 7.19. The Kier molecular flexibility index (Phi) is 5.10. The monoisotopic (exact) mass is 377 g/mol. The SMILES string of the molecule is COC(=O)c1ccc(C(=O)N2CCC(Cn3cnc4ccccc43)CC2)cc1. The van der Waals surface area contributed by atoms with Gasteiger partial charge < -0.3 is 14.2 Å². The number of para-hydroxylation sites is 2. The van der Waals surface area contributed by atoms with Crippen molar-refractivity contribution in [3.8, 4) is 0 Å². The minimum Gasteiger partial charge on any atom is -0.465 e. The zero-order chi connectivity index (χ0) is 19.5. The molecule has 1 amide bonds. The fourth-order valence-electron chi connectivity index (χ4n) is 3.80. The maximum absolute atomic E-state index is 12.7. The number of likely N-dealkylation sites (tertiary alicyclic amines) is 1. The second-order valence-corrected chi connectivity index (χ2v) is 7.19. The van der Waals surface area contributed by atoms with E-state index < -0.39 is 5.97 Å². The Labute approximate surface area is 163 Å². The van der Waals surface area contributed by atoms with Gasteiger partial charge in [-0.25, -0.2) is 9.78 Å². The molecule has 4 rings (SSSR count). The highest BCUT2D eigenvalue weighted by molar-refractivity contribution is 5.96. The molecule has 3 aromatic rings. The van der Waals surface area contributed by atoms with Crippen LogP contribution in [0.25, 0.3) is 11.0 Å². The molecule has 28 heavy (non-hydrogen) atoms. The van der Waals surface area contributed by atoms with Crippen LogP contribution in [0.1, 0.15) is 33.6 Å². The van der Waals surface area contributed by atoms with Crippen LogP contribution in [-0.4, -0.2) is 46.5 Å². The number of esters is 1. The van der Waals surface area contributed by atoms with Crippen molar-refractivity contribution in [1.82, 2.24) is 14.5 Å². The molecule has 0 aliphatic carbocycles. The summed E-state index contributed by atoms with van der Waals surface area (Å²) < 4.78 is 6.91. The molecule has 0 radical (unpaired) electrons. The molecule has 1 aromatic heterocycles. The van der Waals surface area contributed by atoms with E-state index in [0.29, 0.717) is 17.0 Å². The summed E-state index contributed by atoms with van der Waals surface area (Å²) in [6.07, 6.45) is 3.85. The number of nitrogens with zero attached hydrogens (tertiary/aromatic N) is 3. The highest BCUT2D eigenvalue weighted by Gasteiger charge is 2.24. The van der Waals surface area contributed by atoms with Crippen LogP contribution in [0.3, 0.4) is 0 Å². The molecule has 144 valence electrons. The Morgan fingerprint density at radius 1 is 1.04 bits per heavy atom. The number of amides is 1. The number of aromatic nitrogens is 2. The first-order valence-corrected chi connectivity index (χ1v) is 9.53. The number of hydrogen-bond acceptors (Lipinski definition) is 4. The third-order valence-corrected chi connectivity index (χ3v) is 5.44. The van der Waals surface area contributed by atoms with Gasteiger partial charge in [0.25, 0.3) is 5.91 Å². The summed E-state index contributed by atoms with van der Waals surface area (Å²) in [5.41, 5.74) is 3.23. The molecule has 0 N–H and O–H groups in total. The average molecular weight is 377 g/mol. The molecule has 1 saturated heterocycles. The number of hydrogen-bond donors (Lipinski definition) is 0. The Balaban J connectivity index is 1.36. The Morgan fingerprint density at radius 2 is 1.71 bits per heavy atom. The number of rotatable bonds is 4. The highest BCUT2D eigenvalue weighted by atomic mass is 16.5. The van der Waals surface area contributed by atoms with Crippen LogP contribution in [0.4, 0.5) is 0 Å². The van der Waals surface area contributed by atoms with E-state index in [4.69, 9.17) is 4.74 Å². The third-order valence-electron chi connectivity index (χ3n) is 5.44. The molecule has 0 unspecified atom stereocenters. The van der Waals surface area contributed by atoms with Crippen molar-refractivity contribution in [3.63, 3.8) is 0 Å². The van der Waals surface area contributed by atoms with Gasteiger partial charge in [-0.3, -0.25) is 4.79 Å². The summed E-state index contributed by atoms with van der Waals surface area (Å²) in [6, 6.07) is 14.8. The zero-order valence-electron chi connectivity index (χ0n) is 15.9. The molecule has 1 aliphatic rings. The van der Waals surface area contributed by atoms with Crippen molar-refractivity contribution in [2.75, 3.05) is 20.2 Å². The van der Waals surface area contributed by atoms with E-state index in [-0.39, 0.29) is 5.91 Å². The quantitative estimate of drug-likeness (QED) is 0.654. The summed E-state index contributed by atoms with van der Waals surface area (Å²) >= 11 is 0. The number of carbonyl (C=O) groups excluding carboxylic acids is 2. The third kappa shape index (κ3) is 3.63. The normalized spacial score (nSPS) is 15.0. The minimum atomic E-state index is -0.396. The van der Waals surface area contributed by atoms with Gasteiger partial charge in [0.05, 0.1) is 30.0 Å².